The Labute approximate surface area is 203 Å². The van der Waals surface area contributed by atoms with Gasteiger partial charge < -0.3 is 18.9 Å². The van der Waals surface area contributed by atoms with Crippen LogP contribution in [0.1, 0.15) is 52.7 Å². The van der Waals surface area contributed by atoms with Crippen LogP contribution in [0.4, 0.5) is 10.5 Å². The molecule has 35 heavy (non-hydrogen) atoms. The van der Waals surface area contributed by atoms with Crippen LogP contribution < -0.4 is 4.90 Å². The number of imide groups is 1. The first-order valence-corrected chi connectivity index (χ1v) is 11.1. The van der Waals surface area contributed by atoms with E-state index in [1.807, 2.05) is 0 Å². The average Bonchev–Trinajstić information content (AvgIpc) is 3.30. The van der Waals surface area contributed by atoms with Crippen molar-refractivity contribution in [2.45, 2.75) is 65.1 Å². The van der Waals surface area contributed by atoms with Crippen LogP contribution in [0.3, 0.4) is 0 Å². The second-order valence-electron chi connectivity index (χ2n) is 10.7. The van der Waals surface area contributed by atoms with E-state index in [-0.39, 0.29) is 11.3 Å². The van der Waals surface area contributed by atoms with E-state index in [0.717, 1.165) is 19.1 Å². The minimum absolute atomic E-state index is 0.0955. The minimum atomic E-state index is -2.39. The lowest BCUT2D eigenvalue weighted by atomic mass is 9.86. The van der Waals surface area contributed by atoms with Gasteiger partial charge in [-0.15, -0.1) is 0 Å². The number of benzene rings is 1. The first-order chi connectivity index (χ1) is 16.0. The van der Waals surface area contributed by atoms with Crippen molar-refractivity contribution in [2.24, 2.45) is 11.3 Å². The molecule has 1 aliphatic heterocycles. The van der Waals surface area contributed by atoms with Gasteiger partial charge in [0.2, 0.25) is 5.91 Å². The molecule has 190 valence electrons. The third kappa shape index (κ3) is 3.66. The predicted molar refractivity (Wildman–Crippen MR) is 122 cm³/mol. The van der Waals surface area contributed by atoms with Crippen molar-refractivity contribution in [1.29, 1.82) is 0 Å². The molecule has 0 bridgehead atoms. The number of esters is 3. The maximum absolute atomic E-state index is 14.1. The Bertz CT molecular complexity index is 1110. The molecule has 1 aliphatic carbocycles. The van der Waals surface area contributed by atoms with Gasteiger partial charge in [0.1, 0.15) is 22.5 Å². The summed E-state index contributed by atoms with van der Waals surface area (Å²) in [6.07, 6.45) is -1.01. The molecule has 0 saturated heterocycles. The topological polar surface area (TPSA) is 126 Å². The summed E-state index contributed by atoms with van der Waals surface area (Å²) in [7, 11) is 2.07. The summed E-state index contributed by atoms with van der Waals surface area (Å²) in [6, 6.07) is 4.72. The van der Waals surface area contributed by atoms with E-state index < -0.39 is 57.9 Å². The number of carbonyl (C=O) groups is 5. The number of amides is 2. The van der Waals surface area contributed by atoms with Crippen molar-refractivity contribution in [3.8, 4) is 0 Å². The molecule has 1 heterocycles. The van der Waals surface area contributed by atoms with Crippen molar-refractivity contribution in [1.82, 2.24) is 0 Å². The fourth-order valence-electron chi connectivity index (χ4n) is 4.86. The Morgan fingerprint density at radius 2 is 1.40 bits per heavy atom. The highest BCUT2D eigenvalue weighted by atomic mass is 16.6. The van der Waals surface area contributed by atoms with Gasteiger partial charge in [0.25, 0.3) is 0 Å². The van der Waals surface area contributed by atoms with Crippen molar-refractivity contribution in [3.05, 3.63) is 29.3 Å². The van der Waals surface area contributed by atoms with Gasteiger partial charge in [-0.3, -0.25) is 19.2 Å². The normalized spacial score (nSPS) is 22.4. The largest absolute Gasteiger partial charge is 0.468 e. The Hall–Kier alpha value is -3.43. The number of aryl methyl sites for hydroxylation is 1. The van der Waals surface area contributed by atoms with Crippen LogP contribution in [0.5, 0.6) is 0 Å². The van der Waals surface area contributed by atoms with Crippen molar-refractivity contribution < 1.29 is 42.9 Å². The lowest BCUT2D eigenvalue weighted by molar-refractivity contribution is -0.169. The van der Waals surface area contributed by atoms with Gasteiger partial charge in [0, 0.05) is 0 Å². The quantitative estimate of drug-likeness (QED) is 0.358. The highest BCUT2D eigenvalue weighted by Crippen LogP contribution is 2.75. The van der Waals surface area contributed by atoms with Crippen LogP contribution >= 0.6 is 0 Å². The minimum Gasteiger partial charge on any atom is -0.468 e. The molecule has 1 fully saturated rings. The molecule has 10 heteroatoms. The lowest BCUT2D eigenvalue weighted by Gasteiger charge is -2.24. The maximum atomic E-state index is 14.1. The number of rotatable bonds is 3. The summed E-state index contributed by atoms with van der Waals surface area (Å²) in [5.74, 6) is -5.87. The molecule has 0 aromatic heterocycles. The number of hydrogen-bond donors (Lipinski definition) is 0. The average molecular weight is 490 g/mol. The second kappa shape index (κ2) is 8.07. The van der Waals surface area contributed by atoms with Gasteiger partial charge in [0.05, 0.1) is 19.9 Å². The summed E-state index contributed by atoms with van der Waals surface area (Å²) in [5.41, 5.74) is -5.56. The Kier molecular flexibility index (Phi) is 6.03. The second-order valence-corrected chi connectivity index (χ2v) is 10.7. The fourth-order valence-corrected chi connectivity index (χ4v) is 4.86. The molecule has 10 nitrogen and oxygen atoms in total. The van der Waals surface area contributed by atoms with Crippen LogP contribution in [0.15, 0.2) is 18.2 Å². The number of hydrogen-bond acceptors (Lipinski definition) is 9. The van der Waals surface area contributed by atoms with Gasteiger partial charge in [-0.2, -0.15) is 0 Å². The smallest absolute Gasteiger partial charge is 0.421 e. The van der Waals surface area contributed by atoms with Crippen molar-refractivity contribution >= 4 is 35.6 Å². The van der Waals surface area contributed by atoms with E-state index in [1.54, 1.807) is 60.6 Å². The summed E-state index contributed by atoms with van der Waals surface area (Å²) in [6.45, 7) is 11.5. The Balaban J connectivity index is 2.35. The first-order valence-electron chi connectivity index (χ1n) is 11.1. The zero-order valence-electron chi connectivity index (χ0n) is 21.4. The number of carbonyl (C=O) groups excluding carboxylic acids is 5. The predicted octanol–water partition coefficient (Wildman–Crippen LogP) is 2.82. The van der Waals surface area contributed by atoms with E-state index in [4.69, 9.17) is 18.9 Å². The van der Waals surface area contributed by atoms with Crippen molar-refractivity contribution in [3.63, 3.8) is 0 Å². The van der Waals surface area contributed by atoms with Gasteiger partial charge >= 0.3 is 24.0 Å². The van der Waals surface area contributed by atoms with E-state index >= 15 is 0 Å². The van der Waals surface area contributed by atoms with Crippen LogP contribution in [0.25, 0.3) is 0 Å². The molecule has 2 amide bonds. The Morgan fingerprint density at radius 3 is 1.86 bits per heavy atom. The fraction of sp³-hybridized carbons (Fsp3) is 0.560. The van der Waals surface area contributed by atoms with Gasteiger partial charge in [-0.1, -0.05) is 17.7 Å². The summed E-state index contributed by atoms with van der Waals surface area (Å²) < 4.78 is 20.8. The van der Waals surface area contributed by atoms with Crippen LogP contribution in [0, 0.1) is 18.3 Å². The molecule has 0 N–H and O–H groups in total. The molecular weight excluding hydrogens is 458 g/mol. The zero-order valence-corrected chi connectivity index (χ0v) is 21.4. The Morgan fingerprint density at radius 1 is 0.886 bits per heavy atom. The number of fused-ring (bicyclic) bond motifs is 2. The van der Waals surface area contributed by atoms with Gasteiger partial charge in [0.15, 0.2) is 5.41 Å². The van der Waals surface area contributed by atoms with Crippen molar-refractivity contribution in [2.75, 3.05) is 19.1 Å². The maximum Gasteiger partial charge on any atom is 0.421 e. The monoisotopic (exact) mass is 489 g/mol. The lowest BCUT2D eigenvalue weighted by Crippen LogP contribution is -2.45. The van der Waals surface area contributed by atoms with Gasteiger partial charge in [-0.25, -0.2) is 9.69 Å². The molecule has 3 rings (SSSR count). The molecule has 1 spiro atoms. The SMILES string of the molecule is COC(=O)C1(C(=O)OC)C(C(=O)OC(C)(C)C)C12C(=O)N(C(=O)OC(C)(C)C)c1ccc(C)cc12. The molecule has 2 aliphatic rings. The number of nitrogens with zero attached hydrogens (tertiary/aromatic N) is 1. The molecule has 2 atom stereocenters. The van der Waals surface area contributed by atoms with Crippen LogP contribution in [-0.4, -0.2) is 55.3 Å². The van der Waals surface area contributed by atoms with Gasteiger partial charge in [-0.05, 0) is 60.1 Å². The number of ether oxygens (including phenoxy) is 4. The van der Waals surface area contributed by atoms with E-state index in [9.17, 15) is 24.0 Å². The van der Waals surface area contributed by atoms with E-state index in [0.29, 0.717) is 5.56 Å². The standard InChI is InChI=1S/C25H31NO9/c1-13-10-11-15-14(12-13)24(18(28)26(15)21(31)35-23(5,6)7)16(17(27)34-22(2,3)4)25(24,19(29)32-8)20(30)33-9/h10-12,16H,1-9H3. The summed E-state index contributed by atoms with van der Waals surface area (Å²) in [4.78, 5) is 68.0. The highest BCUT2D eigenvalue weighted by molar-refractivity contribution is 6.31. The van der Waals surface area contributed by atoms with Crippen LogP contribution in [0.2, 0.25) is 0 Å². The molecule has 0 radical (unpaired) electrons. The molecule has 1 aromatic rings. The number of anilines is 1. The molecule has 2 unspecified atom stereocenters. The van der Waals surface area contributed by atoms with E-state index in [2.05, 4.69) is 0 Å². The third-order valence-electron chi connectivity index (χ3n) is 6.00. The third-order valence-corrected chi connectivity index (χ3v) is 6.00. The molecule has 1 aromatic carbocycles. The highest BCUT2D eigenvalue weighted by Gasteiger charge is 2.96. The first kappa shape index (κ1) is 26.2. The number of methoxy groups -OCH3 is 2. The molecule has 1 saturated carbocycles. The summed E-state index contributed by atoms with van der Waals surface area (Å²) in [5, 5.41) is 0. The zero-order chi connectivity index (χ0) is 26.7. The van der Waals surface area contributed by atoms with Crippen LogP contribution in [-0.2, 0) is 43.5 Å². The van der Waals surface area contributed by atoms with E-state index in [1.165, 1.54) is 6.07 Å². The summed E-state index contributed by atoms with van der Waals surface area (Å²) >= 11 is 0. The molecular formula is C25H31NO9.